The number of hydrogen-bond donors (Lipinski definition) is 1. The Bertz CT molecular complexity index is 1040. The Morgan fingerprint density at radius 3 is 2.44 bits per heavy atom. The van der Waals surface area contributed by atoms with Crippen molar-refractivity contribution in [1.82, 2.24) is 14.8 Å². The summed E-state index contributed by atoms with van der Waals surface area (Å²) < 4.78 is 15.1. The van der Waals surface area contributed by atoms with E-state index in [-0.39, 0.29) is 5.82 Å². The molecule has 4 aromatic rings. The largest absolute Gasteiger partial charge is 0.261 e. The van der Waals surface area contributed by atoms with Gasteiger partial charge in [0.2, 0.25) is 0 Å². The first-order valence-electron chi connectivity index (χ1n) is 8.41. The van der Waals surface area contributed by atoms with Crippen molar-refractivity contribution in [2.24, 2.45) is 5.10 Å². The van der Waals surface area contributed by atoms with Gasteiger partial charge in [-0.25, -0.2) is 14.1 Å². The van der Waals surface area contributed by atoms with Crippen LogP contribution in [0, 0.1) is 5.82 Å². The van der Waals surface area contributed by atoms with Gasteiger partial charge in [-0.1, -0.05) is 24.3 Å². The summed E-state index contributed by atoms with van der Waals surface area (Å²) in [6, 6.07) is 21.6. The van der Waals surface area contributed by atoms with Crippen LogP contribution in [0.2, 0.25) is 0 Å². The fourth-order valence-electron chi connectivity index (χ4n) is 2.62. The second-order valence-corrected chi connectivity index (χ2v) is 5.81. The summed E-state index contributed by atoms with van der Waals surface area (Å²) in [5.41, 5.74) is 6.14. The van der Waals surface area contributed by atoms with Crippen LogP contribution >= 0.6 is 0 Å². The van der Waals surface area contributed by atoms with Crippen molar-refractivity contribution in [3.63, 3.8) is 0 Å². The fourth-order valence-corrected chi connectivity index (χ4v) is 2.62. The van der Waals surface area contributed by atoms with E-state index in [1.165, 1.54) is 12.1 Å². The molecular weight excluding hydrogens is 341 g/mol. The van der Waals surface area contributed by atoms with Crippen LogP contribution in [-0.2, 0) is 0 Å². The van der Waals surface area contributed by atoms with Crippen molar-refractivity contribution in [3.05, 3.63) is 96.6 Å². The standard InChI is InChI=1S/C21H16FN5/c22-18-11-9-16(10-12-18)21-17(14-24-25-20-8-4-5-13-23-20)15-27(26-21)19-6-2-1-3-7-19/h1-15H,(H,23,25)/b24-14-. The van der Waals surface area contributed by atoms with Gasteiger partial charge in [-0.05, 0) is 48.5 Å². The molecule has 132 valence electrons. The minimum atomic E-state index is -0.284. The normalized spacial score (nSPS) is 11.0. The summed E-state index contributed by atoms with van der Waals surface area (Å²) in [6.07, 6.45) is 5.26. The molecule has 0 aliphatic rings. The lowest BCUT2D eigenvalue weighted by Crippen LogP contribution is -1.94. The smallest absolute Gasteiger partial charge is 0.146 e. The number of halogens is 1. The predicted molar refractivity (Wildman–Crippen MR) is 104 cm³/mol. The van der Waals surface area contributed by atoms with E-state index in [9.17, 15) is 4.39 Å². The average Bonchev–Trinajstić information content (AvgIpc) is 3.14. The maximum atomic E-state index is 13.3. The number of benzene rings is 2. The van der Waals surface area contributed by atoms with Crippen LogP contribution in [0.1, 0.15) is 5.56 Å². The van der Waals surface area contributed by atoms with E-state index in [2.05, 4.69) is 20.6 Å². The molecule has 0 saturated carbocycles. The van der Waals surface area contributed by atoms with Gasteiger partial charge in [0.25, 0.3) is 0 Å². The number of nitrogens with zero attached hydrogens (tertiary/aromatic N) is 4. The number of para-hydroxylation sites is 1. The van der Waals surface area contributed by atoms with E-state index in [4.69, 9.17) is 0 Å². The molecule has 0 bridgehead atoms. The number of anilines is 1. The van der Waals surface area contributed by atoms with Crippen LogP contribution in [0.15, 0.2) is 90.3 Å². The molecule has 0 unspecified atom stereocenters. The van der Waals surface area contributed by atoms with Crippen molar-refractivity contribution < 1.29 is 4.39 Å². The molecule has 4 rings (SSSR count). The van der Waals surface area contributed by atoms with Gasteiger partial charge in [-0.15, -0.1) is 0 Å². The van der Waals surface area contributed by atoms with Gasteiger partial charge in [-0.3, -0.25) is 5.43 Å². The molecule has 0 amide bonds. The first-order valence-corrected chi connectivity index (χ1v) is 8.41. The molecule has 0 radical (unpaired) electrons. The van der Waals surface area contributed by atoms with E-state index < -0.39 is 0 Å². The minimum Gasteiger partial charge on any atom is -0.261 e. The molecular formula is C21H16FN5. The molecule has 0 fully saturated rings. The number of hydrazone groups is 1. The van der Waals surface area contributed by atoms with Crippen LogP contribution < -0.4 is 5.43 Å². The molecule has 0 atom stereocenters. The summed E-state index contributed by atoms with van der Waals surface area (Å²) in [6.45, 7) is 0. The van der Waals surface area contributed by atoms with Crippen LogP contribution in [0.3, 0.4) is 0 Å². The number of aromatic nitrogens is 3. The summed E-state index contributed by atoms with van der Waals surface area (Å²) in [5, 5.41) is 8.92. The predicted octanol–water partition coefficient (Wildman–Crippen LogP) is 4.52. The molecule has 0 saturated heterocycles. The van der Waals surface area contributed by atoms with Crippen molar-refractivity contribution in [2.75, 3.05) is 5.43 Å². The second kappa shape index (κ2) is 7.61. The molecule has 2 aromatic carbocycles. The van der Waals surface area contributed by atoms with Crippen LogP contribution in [0.4, 0.5) is 10.2 Å². The Balaban J connectivity index is 1.69. The number of rotatable bonds is 5. The molecule has 2 aromatic heterocycles. The zero-order chi connectivity index (χ0) is 18.5. The van der Waals surface area contributed by atoms with Crippen molar-refractivity contribution in [3.8, 4) is 16.9 Å². The van der Waals surface area contributed by atoms with Crippen molar-refractivity contribution >= 4 is 12.0 Å². The number of nitrogens with one attached hydrogen (secondary N) is 1. The molecule has 0 aliphatic carbocycles. The fraction of sp³-hybridized carbons (Fsp3) is 0. The van der Waals surface area contributed by atoms with Gasteiger partial charge < -0.3 is 0 Å². The van der Waals surface area contributed by atoms with Crippen LogP contribution in [-0.4, -0.2) is 21.0 Å². The van der Waals surface area contributed by atoms with E-state index in [0.717, 1.165) is 16.8 Å². The number of hydrogen-bond acceptors (Lipinski definition) is 4. The zero-order valence-electron chi connectivity index (χ0n) is 14.3. The van der Waals surface area contributed by atoms with E-state index in [1.54, 1.807) is 29.2 Å². The highest BCUT2D eigenvalue weighted by atomic mass is 19.1. The molecule has 0 spiro atoms. The van der Waals surface area contributed by atoms with Gasteiger partial charge in [-0.2, -0.15) is 10.2 Å². The molecule has 6 heteroatoms. The lowest BCUT2D eigenvalue weighted by Gasteiger charge is -2.00. The Labute approximate surface area is 155 Å². The summed E-state index contributed by atoms with van der Waals surface area (Å²) in [5.74, 6) is 0.362. The molecule has 2 heterocycles. The third-order valence-electron chi connectivity index (χ3n) is 3.93. The quantitative estimate of drug-likeness (QED) is 0.422. The summed E-state index contributed by atoms with van der Waals surface area (Å²) in [4.78, 5) is 4.17. The molecule has 5 nitrogen and oxygen atoms in total. The van der Waals surface area contributed by atoms with Gasteiger partial charge in [0.15, 0.2) is 0 Å². The average molecular weight is 357 g/mol. The summed E-state index contributed by atoms with van der Waals surface area (Å²) in [7, 11) is 0. The maximum Gasteiger partial charge on any atom is 0.146 e. The first-order chi connectivity index (χ1) is 13.3. The second-order valence-electron chi connectivity index (χ2n) is 5.81. The maximum absolute atomic E-state index is 13.3. The Hall–Kier alpha value is -3.80. The Morgan fingerprint density at radius 1 is 0.926 bits per heavy atom. The molecule has 0 aliphatic heterocycles. The van der Waals surface area contributed by atoms with E-state index in [1.807, 2.05) is 54.7 Å². The molecule has 27 heavy (non-hydrogen) atoms. The van der Waals surface area contributed by atoms with Gasteiger partial charge in [0.05, 0.1) is 11.9 Å². The van der Waals surface area contributed by atoms with E-state index >= 15 is 0 Å². The topological polar surface area (TPSA) is 55.1 Å². The van der Waals surface area contributed by atoms with Crippen molar-refractivity contribution in [1.29, 1.82) is 0 Å². The lowest BCUT2D eigenvalue weighted by molar-refractivity contribution is 0.628. The Kier molecular flexibility index (Phi) is 4.70. The SMILES string of the molecule is Fc1ccc(-c2nn(-c3ccccc3)cc2/C=N\Nc2ccccn2)cc1. The van der Waals surface area contributed by atoms with E-state index in [0.29, 0.717) is 11.5 Å². The summed E-state index contributed by atoms with van der Waals surface area (Å²) >= 11 is 0. The van der Waals surface area contributed by atoms with Crippen LogP contribution in [0.5, 0.6) is 0 Å². The molecule has 1 N–H and O–H groups in total. The van der Waals surface area contributed by atoms with Crippen LogP contribution in [0.25, 0.3) is 16.9 Å². The third kappa shape index (κ3) is 3.90. The third-order valence-corrected chi connectivity index (χ3v) is 3.93. The zero-order valence-corrected chi connectivity index (χ0v) is 14.3. The highest BCUT2D eigenvalue weighted by Gasteiger charge is 2.11. The van der Waals surface area contributed by atoms with Gasteiger partial charge >= 0.3 is 0 Å². The first kappa shape index (κ1) is 16.7. The highest BCUT2D eigenvalue weighted by molar-refractivity contribution is 5.89. The lowest BCUT2D eigenvalue weighted by atomic mass is 10.1. The van der Waals surface area contributed by atoms with Gasteiger partial charge in [0, 0.05) is 23.5 Å². The monoisotopic (exact) mass is 357 g/mol. The van der Waals surface area contributed by atoms with Crippen molar-refractivity contribution in [2.45, 2.75) is 0 Å². The highest BCUT2D eigenvalue weighted by Crippen LogP contribution is 2.23. The number of pyridine rings is 1. The minimum absolute atomic E-state index is 0.284. The Morgan fingerprint density at radius 2 is 1.70 bits per heavy atom. The van der Waals surface area contributed by atoms with Gasteiger partial charge in [0.1, 0.15) is 17.3 Å².